The number of ether oxygens (including phenoxy) is 1. The van der Waals surface area contributed by atoms with Gasteiger partial charge in [-0.1, -0.05) is 15.9 Å². The Hall–Kier alpha value is -0.580. The van der Waals surface area contributed by atoms with Crippen LogP contribution in [0.2, 0.25) is 0 Å². The molecule has 0 bridgehead atoms. The first-order valence-corrected chi connectivity index (χ1v) is 8.45. The van der Waals surface area contributed by atoms with Crippen LogP contribution >= 0.6 is 15.9 Å². The summed E-state index contributed by atoms with van der Waals surface area (Å²) >= 11 is 3.44. The first-order chi connectivity index (χ1) is 9.81. The van der Waals surface area contributed by atoms with E-state index in [0.29, 0.717) is 0 Å². The average molecular weight is 339 g/mol. The highest BCUT2D eigenvalue weighted by Crippen LogP contribution is 2.21. The second-order valence-electron chi connectivity index (χ2n) is 5.79. The van der Waals surface area contributed by atoms with Crippen molar-refractivity contribution in [3.8, 4) is 5.75 Å². The summed E-state index contributed by atoms with van der Waals surface area (Å²) < 4.78 is 6.94. The van der Waals surface area contributed by atoms with Crippen LogP contribution in [-0.4, -0.2) is 55.2 Å². The van der Waals surface area contributed by atoms with Crippen molar-refractivity contribution in [2.45, 2.75) is 25.3 Å². The maximum Gasteiger partial charge on any atom is 0.119 e. The highest BCUT2D eigenvalue weighted by Gasteiger charge is 2.28. The molecule has 0 aliphatic carbocycles. The highest BCUT2D eigenvalue weighted by molar-refractivity contribution is 9.10. The van der Waals surface area contributed by atoms with Gasteiger partial charge in [0.15, 0.2) is 0 Å². The van der Waals surface area contributed by atoms with E-state index in [4.69, 9.17) is 4.74 Å². The molecule has 3 nitrogen and oxygen atoms in total. The van der Waals surface area contributed by atoms with Gasteiger partial charge in [-0.25, -0.2) is 0 Å². The summed E-state index contributed by atoms with van der Waals surface area (Å²) in [5, 5.41) is 0. The Morgan fingerprint density at radius 1 is 1.10 bits per heavy atom. The zero-order chi connectivity index (χ0) is 13.8. The van der Waals surface area contributed by atoms with Crippen LogP contribution in [0.5, 0.6) is 5.75 Å². The first kappa shape index (κ1) is 14.4. The van der Waals surface area contributed by atoms with Gasteiger partial charge in [-0.05, 0) is 63.2 Å². The van der Waals surface area contributed by atoms with E-state index in [1.807, 2.05) is 24.3 Å². The van der Waals surface area contributed by atoms with Crippen molar-refractivity contribution >= 4 is 15.9 Å². The Labute approximate surface area is 130 Å². The molecule has 2 aliphatic heterocycles. The predicted octanol–water partition coefficient (Wildman–Crippen LogP) is 3.00. The van der Waals surface area contributed by atoms with Crippen molar-refractivity contribution in [3.63, 3.8) is 0 Å². The molecule has 0 spiro atoms. The summed E-state index contributed by atoms with van der Waals surface area (Å²) in [7, 11) is 0. The SMILES string of the molecule is Brc1ccc(OCCN2CCCN3CCCC3C2)cc1. The van der Waals surface area contributed by atoms with E-state index in [-0.39, 0.29) is 0 Å². The number of benzene rings is 1. The van der Waals surface area contributed by atoms with Crippen LogP contribution in [0.1, 0.15) is 19.3 Å². The summed E-state index contributed by atoms with van der Waals surface area (Å²) in [6.07, 6.45) is 4.06. The molecule has 1 atom stereocenters. The Morgan fingerprint density at radius 3 is 2.75 bits per heavy atom. The smallest absolute Gasteiger partial charge is 0.119 e. The van der Waals surface area contributed by atoms with Crippen molar-refractivity contribution in [2.24, 2.45) is 0 Å². The molecule has 110 valence electrons. The van der Waals surface area contributed by atoms with E-state index in [0.717, 1.165) is 29.4 Å². The monoisotopic (exact) mass is 338 g/mol. The van der Waals surface area contributed by atoms with Crippen LogP contribution in [0, 0.1) is 0 Å². The molecule has 3 rings (SSSR count). The quantitative estimate of drug-likeness (QED) is 0.839. The van der Waals surface area contributed by atoms with Gasteiger partial charge in [-0.15, -0.1) is 0 Å². The van der Waals surface area contributed by atoms with Crippen molar-refractivity contribution in [2.75, 3.05) is 39.3 Å². The topological polar surface area (TPSA) is 15.7 Å². The molecule has 1 unspecified atom stereocenters. The van der Waals surface area contributed by atoms with Crippen LogP contribution in [-0.2, 0) is 0 Å². The fourth-order valence-electron chi connectivity index (χ4n) is 3.31. The van der Waals surface area contributed by atoms with E-state index >= 15 is 0 Å². The summed E-state index contributed by atoms with van der Waals surface area (Å²) in [6.45, 7) is 6.87. The lowest BCUT2D eigenvalue weighted by Gasteiger charge is -2.25. The zero-order valence-corrected chi connectivity index (χ0v) is 13.5. The lowest BCUT2D eigenvalue weighted by Crippen LogP contribution is -2.38. The van der Waals surface area contributed by atoms with Crippen molar-refractivity contribution in [1.29, 1.82) is 0 Å². The normalized spacial score (nSPS) is 24.4. The average Bonchev–Trinajstić information content (AvgIpc) is 2.80. The van der Waals surface area contributed by atoms with Crippen LogP contribution < -0.4 is 4.74 Å². The van der Waals surface area contributed by atoms with Crippen LogP contribution in [0.15, 0.2) is 28.7 Å². The zero-order valence-electron chi connectivity index (χ0n) is 11.9. The molecule has 0 amide bonds. The lowest BCUT2D eigenvalue weighted by atomic mass is 10.2. The van der Waals surface area contributed by atoms with E-state index in [1.54, 1.807) is 0 Å². The predicted molar refractivity (Wildman–Crippen MR) is 85.3 cm³/mol. The third-order valence-corrected chi connectivity index (χ3v) is 4.91. The maximum absolute atomic E-state index is 5.84. The van der Waals surface area contributed by atoms with Crippen molar-refractivity contribution < 1.29 is 4.74 Å². The third kappa shape index (κ3) is 3.74. The molecule has 0 aromatic heterocycles. The molecule has 4 heteroatoms. The minimum absolute atomic E-state index is 0.786. The molecule has 20 heavy (non-hydrogen) atoms. The van der Waals surface area contributed by atoms with Crippen LogP contribution in [0.3, 0.4) is 0 Å². The number of fused-ring (bicyclic) bond motifs is 1. The second kappa shape index (κ2) is 6.92. The second-order valence-corrected chi connectivity index (χ2v) is 6.70. The minimum Gasteiger partial charge on any atom is -0.492 e. The summed E-state index contributed by atoms with van der Waals surface area (Å²) in [4.78, 5) is 5.25. The Morgan fingerprint density at radius 2 is 1.90 bits per heavy atom. The Balaban J connectivity index is 1.44. The van der Waals surface area contributed by atoms with E-state index < -0.39 is 0 Å². The Bertz CT molecular complexity index is 423. The number of halogens is 1. The lowest BCUT2D eigenvalue weighted by molar-refractivity contribution is 0.188. The molecule has 1 aromatic carbocycles. The summed E-state index contributed by atoms with van der Waals surface area (Å²) in [5.74, 6) is 0.963. The standard InChI is InChI=1S/C16H23BrN2O/c17-14-4-6-16(7-5-14)20-12-11-18-8-2-10-19-9-1-3-15(19)13-18/h4-7,15H,1-3,8-13H2. The first-order valence-electron chi connectivity index (χ1n) is 7.66. The van der Waals surface area contributed by atoms with Crippen LogP contribution in [0.4, 0.5) is 0 Å². The molecule has 1 aromatic rings. The minimum atomic E-state index is 0.786. The molecule has 2 heterocycles. The molecule has 2 aliphatic rings. The van der Waals surface area contributed by atoms with Crippen molar-refractivity contribution in [1.82, 2.24) is 9.80 Å². The molecule has 2 saturated heterocycles. The largest absolute Gasteiger partial charge is 0.492 e. The summed E-state index contributed by atoms with van der Waals surface area (Å²) in [5.41, 5.74) is 0. The third-order valence-electron chi connectivity index (χ3n) is 4.38. The number of rotatable bonds is 4. The van der Waals surface area contributed by atoms with E-state index in [1.165, 1.54) is 45.4 Å². The highest BCUT2D eigenvalue weighted by atomic mass is 79.9. The van der Waals surface area contributed by atoms with Gasteiger partial charge in [0.1, 0.15) is 12.4 Å². The number of hydrogen-bond donors (Lipinski definition) is 0. The van der Waals surface area contributed by atoms with E-state index in [2.05, 4.69) is 25.7 Å². The van der Waals surface area contributed by atoms with Gasteiger partial charge in [-0.3, -0.25) is 9.80 Å². The van der Waals surface area contributed by atoms with Gasteiger partial charge >= 0.3 is 0 Å². The summed E-state index contributed by atoms with van der Waals surface area (Å²) in [6, 6.07) is 8.89. The van der Waals surface area contributed by atoms with Gasteiger partial charge in [-0.2, -0.15) is 0 Å². The fourth-order valence-corrected chi connectivity index (χ4v) is 3.57. The maximum atomic E-state index is 5.84. The molecular weight excluding hydrogens is 316 g/mol. The number of nitrogens with zero attached hydrogens (tertiary/aromatic N) is 2. The van der Waals surface area contributed by atoms with E-state index in [9.17, 15) is 0 Å². The molecule has 0 radical (unpaired) electrons. The van der Waals surface area contributed by atoms with Gasteiger partial charge in [0.05, 0.1) is 0 Å². The molecule has 2 fully saturated rings. The van der Waals surface area contributed by atoms with Crippen molar-refractivity contribution in [3.05, 3.63) is 28.7 Å². The van der Waals surface area contributed by atoms with Gasteiger partial charge in [0, 0.05) is 23.6 Å². The Kier molecular flexibility index (Phi) is 4.97. The molecule has 0 saturated carbocycles. The molecule has 0 N–H and O–H groups in total. The van der Waals surface area contributed by atoms with Gasteiger partial charge in [0.25, 0.3) is 0 Å². The fraction of sp³-hybridized carbons (Fsp3) is 0.625. The van der Waals surface area contributed by atoms with Crippen LogP contribution in [0.25, 0.3) is 0 Å². The van der Waals surface area contributed by atoms with Gasteiger partial charge < -0.3 is 4.74 Å². The molecular formula is C16H23BrN2O. The van der Waals surface area contributed by atoms with Gasteiger partial charge in [0.2, 0.25) is 0 Å². The number of hydrogen-bond acceptors (Lipinski definition) is 3.